The molecule has 0 aliphatic carbocycles. The molecular weight excluding hydrogens is 354 g/mol. The van der Waals surface area contributed by atoms with Gasteiger partial charge in [-0.15, -0.1) is 0 Å². The predicted molar refractivity (Wildman–Crippen MR) is 93.9 cm³/mol. The molecule has 0 atom stereocenters. The van der Waals surface area contributed by atoms with Gasteiger partial charge in [-0.3, -0.25) is 29.9 Å². The molecule has 1 saturated heterocycles. The number of non-ortho nitro benzene ring substituents is 1. The molecule has 2 aromatic rings. The lowest BCUT2D eigenvalue weighted by molar-refractivity contribution is -0.384. The molecule has 0 bridgehead atoms. The minimum Gasteiger partial charge on any atom is -0.457 e. The van der Waals surface area contributed by atoms with E-state index in [9.17, 15) is 24.5 Å². The molecule has 1 aliphatic heterocycles. The van der Waals surface area contributed by atoms with Gasteiger partial charge in [-0.2, -0.15) is 0 Å². The number of carbonyl (C=O) groups is 3. The maximum atomic E-state index is 12.0. The van der Waals surface area contributed by atoms with Crippen LogP contribution in [-0.2, 0) is 9.59 Å². The molecule has 0 unspecified atom stereocenters. The molecule has 1 fully saturated rings. The van der Waals surface area contributed by atoms with E-state index in [0.29, 0.717) is 17.1 Å². The summed E-state index contributed by atoms with van der Waals surface area (Å²) in [5, 5.41) is 12.7. The Labute approximate surface area is 153 Å². The van der Waals surface area contributed by atoms with Gasteiger partial charge in [-0.05, 0) is 35.9 Å². The Kier molecular flexibility index (Phi) is 4.67. The number of benzene rings is 2. The van der Waals surface area contributed by atoms with Crippen LogP contribution in [0.15, 0.2) is 54.1 Å². The highest BCUT2D eigenvalue weighted by molar-refractivity contribution is 6.30. The Morgan fingerprint density at radius 1 is 1.00 bits per heavy atom. The second kappa shape index (κ2) is 7.08. The summed E-state index contributed by atoms with van der Waals surface area (Å²) in [6.07, 6.45) is 1.37. The Morgan fingerprint density at radius 2 is 1.56 bits per heavy atom. The smallest absolute Gasteiger partial charge is 0.331 e. The number of nitro groups is 1. The number of amides is 4. The van der Waals surface area contributed by atoms with E-state index in [1.165, 1.54) is 37.4 Å². The van der Waals surface area contributed by atoms with Crippen molar-refractivity contribution in [2.45, 2.75) is 0 Å². The van der Waals surface area contributed by atoms with E-state index in [1.807, 2.05) is 0 Å². The number of imide groups is 2. The maximum absolute atomic E-state index is 12.0. The van der Waals surface area contributed by atoms with Gasteiger partial charge in [-0.25, -0.2) is 4.79 Å². The zero-order valence-corrected chi connectivity index (χ0v) is 14.0. The normalized spacial score (nSPS) is 15.7. The number of urea groups is 1. The fourth-order valence-corrected chi connectivity index (χ4v) is 2.32. The van der Waals surface area contributed by atoms with Crippen molar-refractivity contribution in [3.63, 3.8) is 0 Å². The summed E-state index contributed by atoms with van der Waals surface area (Å²) in [6, 6.07) is 11.3. The van der Waals surface area contributed by atoms with Crippen LogP contribution in [0.25, 0.3) is 6.08 Å². The SMILES string of the molecule is CN1C(=O)NC(=O)C(=Cc2ccc(Oc3ccc([N+](=O)[O-])cc3)cc2)C1=O. The zero-order chi connectivity index (χ0) is 19.6. The van der Waals surface area contributed by atoms with Gasteiger partial charge in [0.15, 0.2) is 0 Å². The molecule has 0 radical (unpaired) electrons. The van der Waals surface area contributed by atoms with E-state index in [0.717, 1.165) is 4.90 Å². The molecule has 2 aromatic carbocycles. The van der Waals surface area contributed by atoms with Crippen LogP contribution in [0, 0.1) is 10.1 Å². The Bertz CT molecular complexity index is 964. The summed E-state index contributed by atoms with van der Waals surface area (Å²) in [6.45, 7) is 0. The molecule has 4 amide bonds. The van der Waals surface area contributed by atoms with Crippen LogP contribution in [0.1, 0.15) is 5.56 Å². The minimum absolute atomic E-state index is 0.0387. The van der Waals surface area contributed by atoms with E-state index in [-0.39, 0.29) is 11.3 Å². The Morgan fingerprint density at radius 3 is 2.11 bits per heavy atom. The van der Waals surface area contributed by atoms with Gasteiger partial charge in [0.2, 0.25) is 0 Å². The van der Waals surface area contributed by atoms with Crippen molar-refractivity contribution >= 4 is 29.6 Å². The highest BCUT2D eigenvalue weighted by atomic mass is 16.6. The summed E-state index contributed by atoms with van der Waals surface area (Å²) in [5.41, 5.74) is 0.372. The van der Waals surface area contributed by atoms with Gasteiger partial charge >= 0.3 is 6.03 Å². The summed E-state index contributed by atoms with van der Waals surface area (Å²) >= 11 is 0. The predicted octanol–water partition coefficient (Wildman–Crippen LogP) is 2.48. The third-order valence-corrected chi connectivity index (χ3v) is 3.78. The van der Waals surface area contributed by atoms with Crippen LogP contribution in [0.4, 0.5) is 10.5 Å². The van der Waals surface area contributed by atoms with E-state index >= 15 is 0 Å². The molecule has 3 rings (SSSR count). The molecule has 9 nitrogen and oxygen atoms in total. The average molecular weight is 367 g/mol. The van der Waals surface area contributed by atoms with Gasteiger partial charge < -0.3 is 4.74 Å². The number of carbonyl (C=O) groups excluding carboxylic acids is 3. The first-order valence-corrected chi connectivity index (χ1v) is 7.72. The highest BCUT2D eigenvalue weighted by Gasteiger charge is 2.32. The highest BCUT2D eigenvalue weighted by Crippen LogP contribution is 2.24. The average Bonchev–Trinajstić information content (AvgIpc) is 2.65. The zero-order valence-electron chi connectivity index (χ0n) is 14.0. The van der Waals surface area contributed by atoms with Crippen molar-refractivity contribution in [2.75, 3.05) is 7.05 Å². The molecule has 136 valence electrons. The third kappa shape index (κ3) is 3.82. The van der Waals surface area contributed by atoms with Crippen LogP contribution < -0.4 is 10.1 Å². The number of likely N-dealkylation sites (N-methyl/N-ethyl adjacent to an activating group) is 1. The molecule has 1 heterocycles. The first kappa shape index (κ1) is 17.8. The van der Waals surface area contributed by atoms with Gasteiger partial charge in [0, 0.05) is 19.2 Å². The molecular formula is C18H13N3O6. The lowest BCUT2D eigenvalue weighted by Gasteiger charge is -2.22. The summed E-state index contributed by atoms with van der Waals surface area (Å²) < 4.78 is 5.59. The third-order valence-electron chi connectivity index (χ3n) is 3.78. The standard InChI is InChI=1S/C18H13N3O6/c1-20-17(23)15(16(22)19-18(20)24)10-11-2-6-13(7-3-11)27-14-8-4-12(5-9-14)21(25)26/h2-10H,1H3,(H,19,22,24). The monoisotopic (exact) mass is 367 g/mol. The van der Waals surface area contributed by atoms with Crippen molar-refractivity contribution in [2.24, 2.45) is 0 Å². The number of rotatable bonds is 4. The summed E-state index contributed by atoms with van der Waals surface area (Å²) in [7, 11) is 1.28. The quantitative estimate of drug-likeness (QED) is 0.384. The van der Waals surface area contributed by atoms with Crippen LogP contribution >= 0.6 is 0 Å². The van der Waals surface area contributed by atoms with E-state index in [1.54, 1.807) is 24.3 Å². The lowest BCUT2D eigenvalue weighted by Crippen LogP contribution is -2.52. The molecule has 9 heteroatoms. The van der Waals surface area contributed by atoms with E-state index in [4.69, 9.17) is 4.74 Å². The summed E-state index contributed by atoms with van der Waals surface area (Å²) in [4.78, 5) is 46.2. The topological polar surface area (TPSA) is 119 Å². The number of nitro benzene ring substituents is 1. The number of nitrogens with one attached hydrogen (secondary N) is 1. The molecule has 0 aromatic heterocycles. The summed E-state index contributed by atoms with van der Waals surface area (Å²) in [5.74, 6) is -0.546. The van der Waals surface area contributed by atoms with Gasteiger partial charge in [0.1, 0.15) is 17.1 Å². The van der Waals surface area contributed by atoms with Crippen molar-refractivity contribution in [3.8, 4) is 11.5 Å². The first-order chi connectivity index (χ1) is 12.8. The van der Waals surface area contributed by atoms with E-state index in [2.05, 4.69) is 5.32 Å². The van der Waals surface area contributed by atoms with Gasteiger partial charge in [-0.1, -0.05) is 12.1 Å². The molecule has 27 heavy (non-hydrogen) atoms. The van der Waals surface area contributed by atoms with Gasteiger partial charge in [0.25, 0.3) is 17.5 Å². The fourth-order valence-electron chi connectivity index (χ4n) is 2.32. The second-order valence-electron chi connectivity index (χ2n) is 5.60. The van der Waals surface area contributed by atoms with Crippen molar-refractivity contribution in [3.05, 3.63) is 69.8 Å². The second-order valence-corrected chi connectivity index (χ2v) is 5.60. The molecule has 0 saturated carbocycles. The number of ether oxygens (including phenoxy) is 1. The number of nitrogens with zero attached hydrogens (tertiary/aromatic N) is 2. The van der Waals surface area contributed by atoms with Crippen LogP contribution in [0.2, 0.25) is 0 Å². The first-order valence-electron chi connectivity index (χ1n) is 7.72. The van der Waals surface area contributed by atoms with Crippen molar-refractivity contribution in [1.29, 1.82) is 0 Å². The molecule has 1 N–H and O–H groups in total. The maximum Gasteiger partial charge on any atom is 0.331 e. The van der Waals surface area contributed by atoms with Crippen molar-refractivity contribution in [1.82, 2.24) is 10.2 Å². The molecule has 0 spiro atoms. The fraction of sp³-hybridized carbons (Fsp3) is 0.0556. The van der Waals surface area contributed by atoms with Crippen molar-refractivity contribution < 1.29 is 24.0 Å². The van der Waals surface area contributed by atoms with Crippen LogP contribution in [-0.4, -0.2) is 34.7 Å². The lowest BCUT2D eigenvalue weighted by atomic mass is 10.1. The Hall–Kier alpha value is -4.01. The Balaban J connectivity index is 1.75. The number of hydrogen-bond donors (Lipinski definition) is 1. The van der Waals surface area contributed by atoms with Crippen LogP contribution in [0.5, 0.6) is 11.5 Å². The van der Waals surface area contributed by atoms with E-state index < -0.39 is 22.8 Å². The largest absolute Gasteiger partial charge is 0.457 e. The van der Waals surface area contributed by atoms with Gasteiger partial charge in [0.05, 0.1) is 4.92 Å². The molecule has 1 aliphatic rings. The van der Waals surface area contributed by atoms with Crippen LogP contribution in [0.3, 0.4) is 0 Å². The number of hydrogen-bond acceptors (Lipinski definition) is 6. The minimum atomic E-state index is -0.769. The number of barbiturate groups is 1.